The van der Waals surface area contributed by atoms with Gasteiger partial charge in [-0.2, -0.15) is 0 Å². The SMILES string of the molecule is COC(=O)CC1CCNc2cccc(OC)c21. The number of fused-ring (bicyclic) bond motifs is 1. The Morgan fingerprint density at radius 3 is 3.00 bits per heavy atom. The van der Waals surface area contributed by atoms with E-state index in [1.54, 1.807) is 7.11 Å². The van der Waals surface area contributed by atoms with Crippen LogP contribution in [-0.4, -0.2) is 26.7 Å². The summed E-state index contributed by atoms with van der Waals surface area (Å²) in [4.78, 5) is 11.4. The summed E-state index contributed by atoms with van der Waals surface area (Å²) in [5.41, 5.74) is 2.15. The molecule has 0 fully saturated rings. The van der Waals surface area contributed by atoms with Crippen LogP contribution in [0.4, 0.5) is 5.69 Å². The summed E-state index contributed by atoms with van der Waals surface area (Å²) in [7, 11) is 3.08. The van der Waals surface area contributed by atoms with Crippen LogP contribution in [0.5, 0.6) is 5.75 Å². The quantitative estimate of drug-likeness (QED) is 0.815. The second-order valence-electron chi connectivity index (χ2n) is 4.11. The number of ether oxygens (including phenoxy) is 2. The molecule has 0 spiro atoms. The first-order chi connectivity index (χ1) is 8.26. The molecule has 1 N–H and O–H groups in total. The number of hydrogen-bond acceptors (Lipinski definition) is 4. The maximum Gasteiger partial charge on any atom is 0.306 e. The Balaban J connectivity index is 2.31. The van der Waals surface area contributed by atoms with Gasteiger partial charge in [0.2, 0.25) is 0 Å². The lowest BCUT2D eigenvalue weighted by molar-refractivity contribution is -0.141. The van der Waals surface area contributed by atoms with Gasteiger partial charge in [-0.3, -0.25) is 4.79 Å². The molecule has 0 aliphatic carbocycles. The maximum atomic E-state index is 11.4. The summed E-state index contributed by atoms with van der Waals surface area (Å²) in [5, 5.41) is 3.33. The third-order valence-electron chi connectivity index (χ3n) is 3.14. The van der Waals surface area contributed by atoms with E-state index in [-0.39, 0.29) is 11.9 Å². The Morgan fingerprint density at radius 1 is 1.47 bits per heavy atom. The third-order valence-corrected chi connectivity index (χ3v) is 3.14. The molecular weight excluding hydrogens is 218 g/mol. The minimum atomic E-state index is -0.172. The normalized spacial score (nSPS) is 17.9. The second-order valence-corrected chi connectivity index (χ2v) is 4.11. The molecular formula is C13H17NO3. The van der Waals surface area contributed by atoms with Crippen LogP contribution in [0.3, 0.4) is 0 Å². The lowest BCUT2D eigenvalue weighted by Crippen LogP contribution is -2.20. The second kappa shape index (κ2) is 5.08. The average molecular weight is 235 g/mol. The zero-order chi connectivity index (χ0) is 12.3. The van der Waals surface area contributed by atoms with Crippen molar-refractivity contribution in [3.8, 4) is 5.75 Å². The minimum absolute atomic E-state index is 0.172. The number of rotatable bonds is 3. The van der Waals surface area contributed by atoms with Crippen molar-refractivity contribution in [2.24, 2.45) is 0 Å². The summed E-state index contributed by atoms with van der Waals surface area (Å²) in [5.74, 6) is 0.840. The Labute approximate surface area is 101 Å². The van der Waals surface area contributed by atoms with Crippen LogP contribution < -0.4 is 10.1 Å². The van der Waals surface area contributed by atoms with Crippen molar-refractivity contribution >= 4 is 11.7 Å². The van der Waals surface area contributed by atoms with Crippen LogP contribution in [-0.2, 0) is 9.53 Å². The molecule has 2 rings (SSSR count). The van der Waals surface area contributed by atoms with Crippen LogP contribution in [0.1, 0.15) is 24.3 Å². The van der Waals surface area contributed by atoms with Crippen molar-refractivity contribution in [3.05, 3.63) is 23.8 Å². The molecule has 92 valence electrons. The topological polar surface area (TPSA) is 47.6 Å². The molecule has 0 saturated carbocycles. The highest BCUT2D eigenvalue weighted by molar-refractivity contribution is 5.72. The van der Waals surface area contributed by atoms with Gasteiger partial charge >= 0.3 is 5.97 Å². The summed E-state index contributed by atoms with van der Waals surface area (Å²) in [6.07, 6.45) is 1.33. The Hall–Kier alpha value is -1.71. The first kappa shape index (κ1) is 11.8. The van der Waals surface area contributed by atoms with Crippen LogP contribution in [0, 0.1) is 0 Å². The zero-order valence-corrected chi connectivity index (χ0v) is 10.2. The molecule has 0 radical (unpaired) electrons. The van der Waals surface area contributed by atoms with E-state index >= 15 is 0 Å². The molecule has 1 unspecified atom stereocenters. The van der Waals surface area contributed by atoms with Crippen molar-refractivity contribution < 1.29 is 14.3 Å². The molecule has 0 aromatic heterocycles. The van der Waals surface area contributed by atoms with Crippen LogP contribution in [0.25, 0.3) is 0 Å². The number of esters is 1. The first-order valence-corrected chi connectivity index (χ1v) is 5.74. The van der Waals surface area contributed by atoms with E-state index in [0.717, 1.165) is 30.0 Å². The van der Waals surface area contributed by atoms with Gasteiger partial charge in [0.15, 0.2) is 0 Å². The van der Waals surface area contributed by atoms with Crippen LogP contribution in [0.15, 0.2) is 18.2 Å². The van der Waals surface area contributed by atoms with Gasteiger partial charge in [-0.05, 0) is 18.6 Å². The lowest BCUT2D eigenvalue weighted by atomic mass is 9.87. The first-order valence-electron chi connectivity index (χ1n) is 5.74. The molecule has 4 heteroatoms. The number of carbonyl (C=O) groups is 1. The molecule has 1 aromatic rings. The van der Waals surface area contributed by atoms with Gasteiger partial charge in [0, 0.05) is 23.7 Å². The summed E-state index contributed by atoms with van der Waals surface area (Å²) >= 11 is 0. The molecule has 4 nitrogen and oxygen atoms in total. The fourth-order valence-corrected chi connectivity index (χ4v) is 2.31. The Bertz CT molecular complexity index is 403. The number of benzene rings is 1. The third kappa shape index (κ3) is 2.35. The van der Waals surface area contributed by atoms with Gasteiger partial charge in [0.25, 0.3) is 0 Å². The lowest BCUT2D eigenvalue weighted by Gasteiger charge is -2.27. The summed E-state index contributed by atoms with van der Waals surface area (Å²) in [6, 6.07) is 5.89. The number of carbonyl (C=O) groups excluding carboxylic acids is 1. The smallest absolute Gasteiger partial charge is 0.306 e. The number of nitrogens with one attached hydrogen (secondary N) is 1. The Kier molecular flexibility index (Phi) is 3.52. The highest BCUT2D eigenvalue weighted by Crippen LogP contribution is 2.40. The van der Waals surface area contributed by atoms with Gasteiger partial charge in [-0.15, -0.1) is 0 Å². The maximum absolute atomic E-state index is 11.4. The summed E-state index contributed by atoms with van der Waals surface area (Å²) < 4.78 is 10.1. The van der Waals surface area contributed by atoms with E-state index in [9.17, 15) is 4.79 Å². The van der Waals surface area contributed by atoms with E-state index in [1.165, 1.54) is 7.11 Å². The van der Waals surface area contributed by atoms with Gasteiger partial charge < -0.3 is 14.8 Å². The van der Waals surface area contributed by atoms with Crippen molar-refractivity contribution in [1.82, 2.24) is 0 Å². The van der Waals surface area contributed by atoms with Crippen molar-refractivity contribution in [1.29, 1.82) is 0 Å². The number of anilines is 1. The van der Waals surface area contributed by atoms with Crippen molar-refractivity contribution in [2.75, 3.05) is 26.1 Å². The van der Waals surface area contributed by atoms with E-state index in [4.69, 9.17) is 9.47 Å². The monoisotopic (exact) mass is 235 g/mol. The average Bonchev–Trinajstić information content (AvgIpc) is 2.38. The number of methoxy groups -OCH3 is 2. The van der Waals surface area contributed by atoms with E-state index in [0.29, 0.717) is 6.42 Å². The fraction of sp³-hybridized carbons (Fsp3) is 0.462. The molecule has 1 aromatic carbocycles. The predicted octanol–water partition coefficient (Wildman–Crippen LogP) is 2.16. The molecule has 0 amide bonds. The molecule has 0 saturated heterocycles. The minimum Gasteiger partial charge on any atom is -0.496 e. The molecule has 1 aliphatic heterocycles. The molecule has 0 bridgehead atoms. The molecule has 1 aliphatic rings. The Morgan fingerprint density at radius 2 is 2.29 bits per heavy atom. The zero-order valence-electron chi connectivity index (χ0n) is 10.2. The highest BCUT2D eigenvalue weighted by Gasteiger charge is 2.26. The molecule has 17 heavy (non-hydrogen) atoms. The van der Waals surface area contributed by atoms with Gasteiger partial charge in [0.05, 0.1) is 20.6 Å². The molecule has 1 atom stereocenters. The van der Waals surface area contributed by atoms with Gasteiger partial charge in [0.1, 0.15) is 5.75 Å². The van der Waals surface area contributed by atoms with Gasteiger partial charge in [-0.25, -0.2) is 0 Å². The van der Waals surface area contributed by atoms with Crippen LogP contribution >= 0.6 is 0 Å². The highest BCUT2D eigenvalue weighted by atomic mass is 16.5. The standard InChI is InChI=1S/C13H17NO3/c1-16-11-5-3-4-10-13(11)9(6-7-14-10)8-12(15)17-2/h3-5,9,14H,6-8H2,1-2H3. The largest absolute Gasteiger partial charge is 0.496 e. The molecule has 1 heterocycles. The van der Waals surface area contributed by atoms with Gasteiger partial charge in [-0.1, -0.05) is 6.07 Å². The summed E-state index contributed by atoms with van der Waals surface area (Å²) in [6.45, 7) is 0.877. The van der Waals surface area contributed by atoms with Crippen molar-refractivity contribution in [3.63, 3.8) is 0 Å². The predicted molar refractivity (Wildman–Crippen MR) is 65.5 cm³/mol. The van der Waals surface area contributed by atoms with Crippen LogP contribution in [0.2, 0.25) is 0 Å². The van der Waals surface area contributed by atoms with E-state index < -0.39 is 0 Å². The fourth-order valence-electron chi connectivity index (χ4n) is 2.31. The van der Waals surface area contributed by atoms with E-state index in [1.807, 2.05) is 18.2 Å². The number of hydrogen-bond donors (Lipinski definition) is 1. The van der Waals surface area contributed by atoms with E-state index in [2.05, 4.69) is 5.32 Å². The van der Waals surface area contributed by atoms with Crippen molar-refractivity contribution in [2.45, 2.75) is 18.8 Å².